The van der Waals surface area contributed by atoms with E-state index < -0.39 is 47.8 Å². The van der Waals surface area contributed by atoms with E-state index in [0.29, 0.717) is 17.3 Å². The summed E-state index contributed by atoms with van der Waals surface area (Å²) in [7, 11) is 1.74. The van der Waals surface area contributed by atoms with Crippen molar-refractivity contribution in [3.63, 3.8) is 0 Å². The van der Waals surface area contributed by atoms with Gasteiger partial charge in [0.05, 0.1) is 10.9 Å². The number of halogens is 3. The summed E-state index contributed by atoms with van der Waals surface area (Å²) >= 11 is 3.68. The van der Waals surface area contributed by atoms with Crippen molar-refractivity contribution in [1.82, 2.24) is 20.2 Å². The SMILES string of the molecule is CC(=O)O[C@H](CC(C(C)C)N(C)C(=O)CC1CSC1)c1nc(C(=O)N[C@@H](Cc2nc(C(F)(F)F)cs2)C[C@H](C)C(=O)O)cs1. The lowest BCUT2D eigenvalue weighted by molar-refractivity contribution is -0.148. The van der Waals surface area contributed by atoms with E-state index in [9.17, 15) is 37.5 Å². The highest BCUT2D eigenvalue weighted by Gasteiger charge is 2.35. The summed E-state index contributed by atoms with van der Waals surface area (Å²) in [5.74, 6) is -0.900. The number of hydrogen-bond donors (Lipinski definition) is 2. The maximum atomic E-state index is 13.2. The van der Waals surface area contributed by atoms with E-state index in [4.69, 9.17) is 4.74 Å². The van der Waals surface area contributed by atoms with E-state index in [1.165, 1.54) is 19.2 Å². The second kappa shape index (κ2) is 15.5. The number of aromatic nitrogens is 2. The van der Waals surface area contributed by atoms with Crippen LogP contribution in [0.5, 0.6) is 0 Å². The van der Waals surface area contributed by atoms with E-state index in [-0.39, 0.29) is 47.8 Å². The van der Waals surface area contributed by atoms with Crippen molar-refractivity contribution in [3.05, 3.63) is 32.2 Å². The number of thiazole rings is 2. The number of ether oxygens (including phenoxy) is 1. The lowest BCUT2D eigenvalue weighted by Crippen LogP contribution is -2.43. The zero-order chi connectivity index (χ0) is 32.8. The van der Waals surface area contributed by atoms with E-state index in [1.807, 2.05) is 13.8 Å². The van der Waals surface area contributed by atoms with Gasteiger partial charge >= 0.3 is 18.1 Å². The first-order chi connectivity index (χ1) is 20.5. The highest BCUT2D eigenvalue weighted by molar-refractivity contribution is 8.00. The van der Waals surface area contributed by atoms with Gasteiger partial charge in [-0.05, 0) is 29.8 Å². The molecule has 0 bridgehead atoms. The third-order valence-electron chi connectivity index (χ3n) is 7.28. The molecule has 0 aliphatic carbocycles. The molecule has 0 saturated carbocycles. The summed E-state index contributed by atoms with van der Waals surface area (Å²) in [5.41, 5.74) is -1.07. The van der Waals surface area contributed by atoms with Crippen molar-refractivity contribution in [3.8, 4) is 0 Å². The molecule has 1 aliphatic rings. The van der Waals surface area contributed by atoms with E-state index in [1.54, 1.807) is 23.7 Å². The molecule has 3 heterocycles. The average molecular weight is 679 g/mol. The first-order valence-corrected chi connectivity index (χ1v) is 17.0. The van der Waals surface area contributed by atoms with Gasteiger partial charge in [0.25, 0.3) is 5.91 Å². The summed E-state index contributed by atoms with van der Waals surface area (Å²) in [5, 5.41) is 14.9. The van der Waals surface area contributed by atoms with E-state index >= 15 is 0 Å². The fourth-order valence-corrected chi connectivity index (χ4v) is 7.27. The van der Waals surface area contributed by atoms with Crippen molar-refractivity contribution >= 4 is 58.2 Å². The van der Waals surface area contributed by atoms with Gasteiger partial charge in [0.15, 0.2) is 11.8 Å². The minimum Gasteiger partial charge on any atom is -0.481 e. The van der Waals surface area contributed by atoms with Gasteiger partial charge in [-0.3, -0.25) is 19.2 Å². The predicted octanol–water partition coefficient (Wildman–Crippen LogP) is 5.30. The first-order valence-electron chi connectivity index (χ1n) is 14.1. The Morgan fingerprint density at radius 3 is 2.32 bits per heavy atom. The molecule has 1 fully saturated rings. The maximum Gasteiger partial charge on any atom is 0.434 e. The number of esters is 1. The fourth-order valence-electron chi connectivity index (χ4n) is 4.74. The van der Waals surface area contributed by atoms with Crippen molar-refractivity contribution in [1.29, 1.82) is 0 Å². The molecule has 0 aromatic carbocycles. The molecule has 2 N–H and O–H groups in total. The minimum absolute atomic E-state index is 0.0130. The van der Waals surface area contributed by atoms with Crippen LogP contribution in [-0.4, -0.2) is 74.4 Å². The van der Waals surface area contributed by atoms with Crippen LogP contribution < -0.4 is 5.32 Å². The van der Waals surface area contributed by atoms with Crippen molar-refractivity contribution in [2.24, 2.45) is 17.8 Å². The number of alkyl halides is 3. The average Bonchev–Trinajstić information content (AvgIpc) is 3.58. The number of thioether (sulfide) groups is 1. The van der Waals surface area contributed by atoms with Gasteiger partial charge in [-0.2, -0.15) is 24.9 Å². The second-order valence-electron chi connectivity index (χ2n) is 11.3. The van der Waals surface area contributed by atoms with Crippen molar-refractivity contribution in [2.75, 3.05) is 18.6 Å². The number of nitrogens with one attached hydrogen (secondary N) is 1. The lowest BCUT2D eigenvalue weighted by atomic mass is 9.95. The molecule has 1 saturated heterocycles. The normalized spacial score (nSPS) is 16.5. The maximum absolute atomic E-state index is 13.2. The molecule has 16 heteroatoms. The molecular weight excluding hydrogens is 642 g/mol. The van der Waals surface area contributed by atoms with Crippen LogP contribution in [0.3, 0.4) is 0 Å². The Hall–Kier alpha value is -2.72. The second-order valence-corrected chi connectivity index (χ2v) is 14.2. The predicted molar refractivity (Wildman–Crippen MR) is 162 cm³/mol. The van der Waals surface area contributed by atoms with Gasteiger partial charge in [-0.25, -0.2) is 9.97 Å². The first kappa shape index (κ1) is 35.8. The molecule has 3 rings (SSSR count). The zero-order valence-corrected chi connectivity index (χ0v) is 27.5. The number of carbonyl (C=O) groups excluding carboxylic acids is 3. The quantitative estimate of drug-likeness (QED) is 0.240. The number of amides is 2. The molecule has 2 amide bonds. The summed E-state index contributed by atoms with van der Waals surface area (Å²) in [6.45, 7) is 6.64. The van der Waals surface area contributed by atoms with Gasteiger partial charge in [-0.15, -0.1) is 22.7 Å². The number of rotatable bonds is 15. The monoisotopic (exact) mass is 678 g/mol. The summed E-state index contributed by atoms with van der Waals surface area (Å²) in [4.78, 5) is 59.4. The van der Waals surface area contributed by atoms with Crippen LogP contribution in [0.4, 0.5) is 13.2 Å². The third-order valence-corrected chi connectivity index (χ3v) is 10.5. The van der Waals surface area contributed by atoms with Gasteiger partial charge in [0, 0.05) is 56.1 Å². The van der Waals surface area contributed by atoms with Gasteiger partial charge < -0.3 is 20.1 Å². The number of hydrogen-bond acceptors (Lipinski definition) is 10. The summed E-state index contributed by atoms with van der Waals surface area (Å²) in [6.07, 6.45) is -4.90. The molecule has 2 aromatic heterocycles. The van der Waals surface area contributed by atoms with Crippen LogP contribution in [0.1, 0.15) is 79.3 Å². The largest absolute Gasteiger partial charge is 0.481 e. The van der Waals surface area contributed by atoms with Crippen LogP contribution in [0.2, 0.25) is 0 Å². The lowest BCUT2D eigenvalue weighted by Gasteiger charge is -2.35. The molecule has 10 nitrogen and oxygen atoms in total. The Morgan fingerprint density at radius 2 is 1.80 bits per heavy atom. The zero-order valence-electron chi connectivity index (χ0n) is 25.1. The Labute approximate surface area is 266 Å². The Morgan fingerprint density at radius 1 is 1.11 bits per heavy atom. The number of carbonyl (C=O) groups is 4. The van der Waals surface area contributed by atoms with Crippen LogP contribution in [0.15, 0.2) is 10.8 Å². The molecule has 44 heavy (non-hydrogen) atoms. The Bertz CT molecular complexity index is 1310. The van der Waals surface area contributed by atoms with Gasteiger partial charge in [0.1, 0.15) is 10.7 Å². The van der Waals surface area contributed by atoms with E-state index in [2.05, 4.69) is 15.3 Å². The molecule has 1 unspecified atom stereocenters. The van der Waals surface area contributed by atoms with Crippen LogP contribution in [0.25, 0.3) is 0 Å². The number of carboxylic acids is 1. The topological polar surface area (TPSA) is 139 Å². The van der Waals surface area contributed by atoms with Gasteiger partial charge in [0.2, 0.25) is 5.91 Å². The number of carboxylic acid groups (broad SMARTS) is 1. The molecular formula is C28H37F3N4O6S3. The summed E-state index contributed by atoms with van der Waals surface area (Å²) < 4.78 is 44.7. The smallest absolute Gasteiger partial charge is 0.434 e. The summed E-state index contributed by atoms with van der Waals surface area (Å²) in [6, 6.07) is -1.11. The standard InChI is InChI=1S/C28H37F3N4O6S3/c1-14(2)20(35(5)24(37)7-17-10-42-11-17)9-21(41-16(4)36)26-33-19(12-44-26)25(38)32-18(6-15(3)27(39)40)8-23-34-22(13-43-23)28(29,30)31/h12-15,17-18,20-21H,6-11H2,1-5H3,(H,32,38)(H,39,40)/t15-,18+,20?,21+/m0/s1. The highest BCUT2D eigenvalue weighted by Crippen LogP contribution is 2.33. The minimum atomic E-state index is -4.62. The molecule has 1 aliphatic heterocycles. The molecule has 4 atom stereocenters. The van der Waals surface area contributed by atoms with E-state index in [0.717, 1.165) is 39.6 Å². The highest BCUT2D eigenvalue weighted by atomic mass is 32.2. The molecule has 2 aromatic rings. The molecule has 0 radical (unpaired) electrons. The van der Waals surface area contributed by atoms with Crippen LogP contribution in [0, 0.1) is 17.8 Å². The number of aliphatic carboxylic acids is 1. The fraction of sp³-hybridized carbons (Fsp3) is 0.643. The van der Waals surface area contributed by atoms with Gasteiger partial charge in [-0.1, -0.05) is 20.8 Å². The van der Waals surface area contributed by atoms with Crippen molar-refractivity contribution in [2.45, 2.75) is 77.7 Å². The Balaban J connectivity index is 1.77. The number of nitrogens with zero attached hydrogens (tertiary/aromatic N) is 3. The Kier molecular flexibility index (Phi) is 12.6. The molecule has 0 spiro atoms. The third kappa shape index (κ3) is 10.2. The van der Waals surface area contributed by atoms with Crippen LogP contribution in [-0.2, 0) is 31.7 Å². The molecule has 244 valence electrons. The van der Waals surface area contributed by atoms with Crippen molar-refractivity contribution < 1.29 is 42.2 Å². The van der Waals surface area contributed by atoms with Crippen LogP contribution >= 0.6 is 34.4 Å².